The quantitative estimate of drug-likeness (QED) is 0.560. The standard InChI is InChI=1S/Cd.S.H2Te.Zn/h;;1H2;/q+1;;;/p-1. The third kappa shape index (κ3) is 8.82. The molecule has 0 aromatic heterocycles. The molecule has 0 rings (SSSR count). The molecule has 0 aromatic rings. The van der Waals surface area contributed by atoms with Crippen molar-refractivity contribution in [1.82, 2.24) is 0 Å². The zero-order chi connectivity index (χ0) is 2.71. The summed E-state index contributed by atoms with van der Waals surface area (Å²) in [5.41, 5.74) is 0. The van der Waals surface area contributed by atoms with Crippen molar-refractivity contribution >= 4 is 26.1 Å². The van der Waals surface area contributed by atoms with Gasteiger partial charge in [0.15, 0.2) is 0 Å². The van der Waals surface area contributed by atoms with Gasteiger partial charge in [-0.1, -0.05) is 0 Å². The molecule has 0 atom stereocenters. The minimum Gasteiger partial charge on any atom is 0 e. The third-order valence-corrected chi connectivity index (χ3v) is 0. The Balaban J connectivity index is 0. The number of hydrogen-bond acceptors (Lipinski definition) is 1. The minimum absolute atomic E-state index is 0. The fourth-order valence-electron chi connectivity index (χ4n) is 0. The molecule has 0 saturated heterocycles. The van der Waals surface area contributed by atoms with Crippen LogP contribution in [0, 0.1) is 0 Å². The maximum absolute atomic E-state index is 4.63. The maximum Gasteiger partial charge on any atom is 0 e. The van der Waals surface area contributed by atoms with Crippen LogP contribution in [0.3, 0.4) is 0 Å². The molecule has 0 aliphatic heterocycles. The van der Waals surface area contributed by atoms with Crippen LogP contribution in [0.4, 0.5) is 0 Å². The van der Waals surface area contributed by atoms with E-state index in [1.54, 1.807) is 0 Å². The predicted molar refractivity (Wildman–Crippen MR) is 14.7 cm³/mol. The molecule has 0 fully saturated rings. The van der Waals surface area contributed by atoms with E-state index in [0.717, 1.165) is 0 Å². The molecule has 0 radical (unpaired) electrons. The van der Waals surface area contributed by atoms with Crippen molar-refractivity contribution in [3.8, 4) is 0 Å². The van der Waals surface area contributed by atoms with Gasteiger partial charge in [0.05, 0.1) is 0 Å². The molecule has 0 amide bonds. The Morgan fingerprint density at radius 1 is 1.75 bits per heavy atom. The molecule has 4 heteroatoms. The van der Waals surface area contributed by atoms with E-state index < -0.39 is 0 Å². The van der Waals surface area contributed by atoms with Crippen LogP contribution < -0.4 is 0 Å². The van der Waals surface area contributed by atoms with Crippen LogP contribution in [0.2, 0.25) is 0 Å². The van der Waals surface area contributed by atoms with Crippen LogP contribution in [-0.2, 0) is 37.4 Å². The topological polar surface area (TPSA) is 0 Å². The van der Waals surface area contributed by atoms with Crippen molar-refractivity contribution in [1.29, 1.82) is 0 Å². The summed E-state index contributed by atoms with van der Waals surface area (Å²) < 4.78 is 0. The maximum atomic E-state index is 4.63. The Kier molecular flexibility index (Phi) is 22.2. The molecule has 0 N–H and O–H groups in total. The smallest absolute Gasteiger partial charge is 0 e. The summed E-state index contributed by atoms with van der Waals surface area (Å²) in [6, 6.07) is 0. The second-order valence-corrected chi connectivity index (χ2v) is 17.4. The minimum atomic E-state index is -0.377. The van der Waals surface area contributed by atoms with Crippen molar-refractivity contribution in [3.63, 3.8) is 0 Å². The summed E-state index contributed by atoms with van der Waals surface area (Å²) >= 11 is 1.50. The second kappa shape index (κ2) is 9.12. The third-order valence-electron chi connectivity index (χ3n) is 0. The van der Waals surface area contributed by atoms with Gasteiger partial charge in [-0.25, -0.2) is 0 Å². The first-order chi connectivity index (χ1) is 1.41. The molecule has 0 nitrogen and oxygen atoms in total. The summed E-state index contributed by atoms with van der Waals surface area (Å²) in [7, 11) is 4.63. The normalized spacial score (nSPS) is 2.25. The summed E-state index contributed by atoms with van der Waals surface area (Å²) in [6.07, 6.45) is 0. The van der Waals surface area contributed by atoms with E-state index in [4.69, 9.17) is 0 Å². The van der Waals surface area contributed by atoms with Gasteiger partial charge in [0, 0.05) is 19.5 Å². The number of rotatable bonds is 0. The summed E-state index contributed by atoms with van der Waals surface area (Å²) in [6.45, 7) is 0. The Bertz CT molecular complexity index is 15.5. The van der Waals surface area contributed by atoms with E-state index in [1.165, 1.54) is 0 Å². The van der Waals surface area contributed by atoms with Gasteiger partial charge in [-0.3, -0.25) is 0 Å². The molecule has 0 saturated carbocycles. The molecule has 0 aromatic carbocycles. The van der Waals surface area contributed by atoms with E-state index in [-0.39, 0.29) is 37.4 Å². The molecule has 17 valence electrons. The van der Waals surface area contributed by atoms with Crippen molar-refractivity contribution in [2.75, 3.05) is 0 Å². The van der Waals surface area contributed by atoms with Crippen LogP contribution >= 0.6 is 8.65 Å². The fraction of sp³-hybridized carbons (Fsp3) is 0. The van der Waals surface area contributed by atoms with Gasteiger partial charge in [-0.15, -0.1) is 0 Å². The van der Waals surface area contributed by atoms with E-state index in [0.29, 0.717) is 0 Å². The molecule has 4 heavy (non-hydrogen) atoms. The molecular formula is HCdSTeZn. The van der Waals surface area contributed by atoms with E-state index in [9.17, 15) is 0 Å². The van der Waals surface area contributed by atoms with Gasteiger partial charge in [-0.05, 0) is 0 Å². The monoisotopic (exact) mass is 341 g/mol. The van der Waals surface area contributed by atoms with E-state index in [1.807, 2.05) is 17.5 Å². The van der Waals surface area contributed by atoms with Crippen LogP contribution in [0.15, 0.2) is 0 Å². The van der Waals surface area contributed by atoms with Gasteiger partial charge in [0.1, 0.15) is 0 Å². The Labute approximate surface area is 62.2 Å². The Morgan fingerprint density at radius 2 is 1.75 bits per heavy atom. The summed E-state index contributed by atoms with van der Waals surface area (Å²) in [5.74, 6) is 0. The van der Waals surface area contributed by atoms with Gasteiger partial charge in [0.25, 0.3) is 0 Å². The first-order valence-corrected chi connectivity index (χ1v) is 20.0. The zero-order valence-corrected chi connectivity index (χ0v) is 12.6. The largest absolute Gasteiger partial charge is 0 e. The second-order valence-electron chi connectivity index (χ2n) is 0.129. The van der Waals surface area contributed by atoms with Crippen molar-refractivity contribution in [2.24, 2.45) is 0 Å². The molecule has 0 unspecified atom stereocenters. The van der Waals surface area contributed by atoms with Crippen LogP contribution in [0.1, 0.15) is 0 Å². The van der Waals surface area contributed by atoms with Crippen molar-refractivity contribution in [3.05, 3.63) is 0 Å². The average Bonchev–Trinajstić information content (AvgIpc) is 0.918. The molecule has 0 heterocycles. The van der Waals surface area contributed by atoms with Gasteiger partial charge in [-0.2, -0.15) is 0 Å². The molecule has 0 aliphatic rings. The summed E-state index contributed by atoms with van der Waals surface area (Å²) in [5, 5.41) is 0. The first kappa shape index (κ1) is 9.75. The first-order valence-electron chi connectivity index (χ1n) is 0.605. The Hall–Kier alpha value is 2.56. The van der Waals surface area contributed by atoms with Gasteiger partial charge < -0.3 is 0 Å². The fourth-order valence-corrected chi connectivity index (χ4v) is 0. The van der Waals surface area contributed by atoms with Crippen LogP contribution in [-0.4, -0.2) is 17.5 Å². The SMILES string of the molecule is [S]=[Cd][TeH].[Zn]. The van der Waals surface area contributed by atoms with E-state index >= 15 is 0 Å². The van der Waals surface area contributed by atoms with Gasteiger partial charge >= 0.3 is 44.1 Å². The van der Waals surface area contributed by atoms with Crippen LogP contribution in [0.5, 0.6) is 0 Å². The molecular weight excluding hydrogens is 337 g/mol. The molecule has 0 bridgehead atoms. The molecule has 0 spiro atoms. The zero-order valence-electron chi connectivity index (χ0n) is 2.27. The average molecular weight is 338 g/mol. The van der Waals surface area contributed by atoms with Crippen LogP contribution in [0.25, 0.3) is 0 Å². The van der Waals surface area contributed by atoms with Gasteiger partial charge in [0.2, 0.25) is 0 Å². The van der Waals surface area contributed by atoms with E-state index in [2.05, 4.69) is 8.65 Å². The van der Waals surface area contributed by atoms with Crippen molar-refractivity contribution < 1.29 is 37.4 Å². The van der Waals surface area contributed by atoms with Crippen molar-refractivity contribution in [2.45, 2.75) is 0 Å². The molecule has 0 aliphatic carbocycles. The summed E-state index contributed by atoms with van der Waals surface area (Å²) in [4.78, 5) is 0. The predicted octanol–water partition coefficient (Wildman–Crippen LogP) is -0.00530. The Morgan fingerprint density at radius 3 is 1.75 bits per heavy atom. The number of hydrogen-bond donors (Lipinski definition) is 0.